The van der Waals surface area contributed by atoms with E-state index in [4.69, 9.17) is 29.0 Å². The Morgan fingerprint density at radius 3 is 2.69 bits per heavy atom. The number of aryl methyl sites for hydroxylation is 1. The van der Waals surface area contributed by atoms with Gasteiger partial charge in [0.15, 0.2) is 0 Å². The van der Waals surface area contributed by atoms with E-state index in [0.29, 0.717) is 28.2 Å². The highest BCUT2D eigenvalue weighted by molar-refractivity contribution is 6.40. The van der Waals surface area contributed by atoms with Crippen LogP contribution in [-0.4, -0.2) is 12.5 Å². The van der Waals surface area contributed by atoms with Crippen LogP contribution >= 0.6 is 23.2 Å². The van der Waals surface area contributed by atoms with E-state index in [2.05, 4.69) is 15.7 Å². The molecule has 0 aliphatic rings. The van der Waals surface area contributed by atoms with Crippen molar-refractivity contribution in [1.29, 1.82) is 0 Å². The average molecular weight is 261 g/mol. The zero-order valence-electron chi connectivity index (χ0n) is 9.14. The van der Waals surface area contributed by atoms with Crippen LogP contribution in [0.1, 0.15) is 12.5 Å². The van der Waals surface area contributed by atoms with Gasteiger partial charge < -0.3 is 5.32 Å². The quantitative estimate of drug-likeness (QED) is 0.332. The van der Waals surface area contributed by atoms with Crippen LogP contribution in [0.2, 0.25) is 10.0 Å². The van der Waals surface area contributed by atoms with Gasteiger partial charge >= 0.3 is 0 Å². The maximum Gasteiger partial charge on any atom is 0.210 e. The van der Waals surface area contributed by atoms with Crippen LogP contribution in [0, 0.1) is 6.92 Å². The summed E-state index contributed by atoms with van der Waals surface area (Å²) in [6.45, 7) is 4.41. The smallest absolute Gasteiger partial charge is 0.210 e. The van der Waals surface area contributed by atoms with E-state index in [-0.39, 0.29) is 0 Å². The van der Waals surface area contributed by atoms with Gasteiger partial charge in [0.05, 0.1) is 15.7 Å². The minimum Gasteiger partial charge on any atom is -0.323 e. The first-order valence-corrected chi connectivity index (χ1v) is 5.58. The largest absolute Gasteiger partial charge is 0.323 e. The molecule has 0 saturated heterocycles. The standard InChI is InChI=1S/C10H14Cl2N4/c1-3-14-10(16-13)15-9-7(11)5-4-6(2)8(9)12/h4-5H,3,13H2,1-2H3,(H2,14,15,16). The maximum absolute atomic E-state index is 6.13. The van der Waals surface area contributed by atoms with E-state index in [9.17, 15) is 0 Å². The Kier molecular flexibility index (Phi) is 4.86. The molecule has 16 heavy (non-hydrogen) atoms. The molecule has 0 atom stereocenters. The Bertz CT molecular complexity index is 404. The van der Waals surface area contributed by atoms with Gasteiger partial charge in [-0.05, 0) is 25.5 Å². The van der Waals surface area contributed by atoms with Crippen LogP contribution < -0.4 is 16.6 Å². The minimum absolute atomic E-state index is 0.428. The summed E-state index contributed by atoms with van der Waals surface area (Å²) in [5.74, 6) is 5.74. The molecule has 4 nitrogen and oxygen atoms in total. The molecule has 0 radical (unpaired) electrons. The zero-order chi connectivity index (χ0) is 12.1. The molecule has 0 aliphatic heterocycles. The van der Waals surface area contributed by atoms with Crippen molar-refractivity contribution in [2.24, 2.45) is 10.8 Å². The average Bonchev–Trinajstić information content (AvgIpc) is 2.28. The van der Waals surface area contributed by atoms with Gasteiger partial charge in [0.2, 0.25) is 5.96 Å². The number of nitrogens with two attached hydrogens (primary N) is 1. The van der Waals surface area contributed by atoms with Gasteiger partial charge in [-0.3, -0.25) is 10.4 Å². The van der Waals surface area contributed by atoms with Gasteiger partial charge in [0.1, 0.15) is 0 Å². The third kappa shape index (κ3) is 3.01. The SMILES string of the molecule is CCN=C(NN)Nc1c(Cl)ccc(C)c1Cl. The lowest BCUT2D eigenvalue weighted by Crippen LogP contribution is -2.36. The zero-order valence-corrected chi connectivity index (χ0v) is 10.7. The molecule has 0 bridgehead atoms. The predicted octanol–water partition coefficient (Wildman–Crippen LogP) is 2.55. The van der Waals surface area contributed by atoms with Crippen LogP contribution in [0.15, 0.2) is 17.1 Å². The third-order valence-electron chi connectivity index (χ3n) is 1.98. The second kappa shape index (κ2) is 5.94. The number of rotatable bonds is 2. The minimum atomic E-state index is 0.428. The van der Waals surface area contributed by atoms with Crippen molar-refractivity contribution in [2.75, 3.05) is 11.9 Å². The van der Waals surface area contributed by atoms with E-state index in [1.165, 1.54) is 0 Å². The van der Waals surface area contributed by atoms with Crippen molar-refractivity contribution < 1.29 is 0 Å². The first kappa shape index (κ1) is 13.1. The van der Waals surface area contributed by atoms with Gasteiger partial charge in [-0.15, -0.1) is 0 Å². The molecule has 0 saturated carbocycles. The van der Waals surface area contributed by atoms with Crippen LogP contribution in [-0.2, 0) is 0 Å². The third-order valence-corrected chi connectivity index (χ3v) is 2.78. The molecule has 0 aliphatic carbocycles. The highest BCUT2D eigenvalue weighted by atomic mass is 35.5. The normalized spacial score (nSPS) is 11.4. The lowest BCUT2D eigenvalue weighted by molar-refractivity contribution is 0.986. The molecule has 1 rings (SSSR count). The summed E-state index contributed by atoms with van der Waals surface area (Å²) in [4.78, 5) is 4.10. The summed E-state index contributed by atoms with van der Waals surface area (Å²) in [6, 6.07) is 3.62. The number of halogens is 2. The Hall–Kier alpha value is -0.970. The van der Waals surface area contributed by atoms with E-state index >= 15 is 0 Å². The Balaban J connectivity index is 3.04. The molecule has 88 valence electrons. The monoisotopic (exact) mass is 260 g/mol. The molecule has 0 aromatic heterocycles. The molecule has 0 heterocycles. The fraction of sp³-hybridized carbons (Fsp3) is 0.300. The highest BCUT2D eigenvalue weighted by Gasteiger charge is 2.09. The number of nitrogens with zero attached hydrogens (tertiary/aromatic N) is 1. The topological polar surface area (TPSA) is 62.4 Å². The van der Waals surface area contributed by atoms with Crippen LogP contribution in [0.4, 0.5) is 5.69 Å². The molecule has 0 unspecified atom stereocenters. The maximum atomic E-state index is 6.13. The van der Waals surface area contributed by atoms with Crippen molar-refractivity contribution >= 4 is 34.8 Å². The van der Waals surface area contributed by atoms with Gasteiger partial charge in [-0.1, -0.05) is 29.3 Å². The molecule has 1 aromatic carbocycles. The van der Waals surface area contributed by atoms with Gasteiger partial charge in [-0.2, -0.15) is 0 Å². The van der Waals surface area contributed by atoms with Crippen molar-refractivity contribution in [1.82, 2.24) is 5.43 Å². The van der Waals surface area contributed by atoms with Crippen molar-refractivity contribution in [3.05, 3.63) is 27.7 Å². The number of nitrogens with one attached hydrogen (secondary N) is 2. The summed E-state index contributed by atoms with van der Waals surface area (Å²) in [5.41, 5.74) is 3.98. The summed E-state index contributed by atoms with van der Waals surface area (Å²) >= 11 is 12.2. The van der Waals surface area contributed by atoms with Gasteiger partial charge in [-0.25, -0.2) is 5.84 Å². The number of hydrogen-bond donors (Lipinski definition) is 3. The summed E-state index contributed by atoms with van der Waals surface area (Å²) in [5, 5.41) is 4.04. The van der Waals surface area contributed by atoms with E-state index in [1.807, 2.05) is 19.9 Å². The van der Waals surface area contributed by atoms with Crippen LogP contribution in [0.25, 0.3) is 0 Å². The van der Waals surface area contributed by atoms with Gasteiger partial charge in [0.25, 0.3) is 0 Å². The second-order valence-electron chi connectivity index (χ2n) is 3.15. The molecular formula is C10H14Cl2N4. The van der Waals surface area contributed by atoms with E-state index in [0.717, 1.165) is 5.56 Å². The lowest BCUT2D eigenvalue weighted by Gasteiger charge is -2.13. The van der Waals surface area contributed by atoms with E-state index < -0.39 is 0 Å². The fourth-order valence-electron chi connectivity index (χ4n) is 1.17. The summed E-state index contributed by atoms with van der Waals surface area (Å²) in [7, 11) is 0. The van der Waals surface area contributed by atoms with Crippen LogP contribution in [0.3, 0.4) is 0 Å². The molecule has 0 amide bonds. The predicted molar refractivity (Wildman–Crippen MR) is 70.1 cm³/mol. The number of anilines is 1. The Morgan fingerprint density at radius 1 is 1.44 bits per heavy atom. The molecule has 6 heteroatoms. The number of aliphatic imine (C=N–C) groups is 1. The summed E-state index contributed by atoms with van der Waals surface area (Å²) in [6.07, 6.45) is 0. The summed E-state index contributed by atoms with van der Waals surface area (Å²) < 4.78 is 0. The molecule has 4 N–H and O–H groups in total. The fourth-order valence-corrected chi connectivity index (χ4v) is 1.63. The van der Waals surface area contributed by atoms with Crippen LogP contribution in [0.5, 0.6) is 0 Å². The van der Waals surface area contributed by atoms with Crippen molar-refractivity contribution in [2.45, 2.75) is 13.8 Å². The van der Waals surface area contributed by atoms with Crippen molar-refractivity contribution in [3.63, 3.8) is 0 Å². The second-order valence-corrected chi connectivity index (χ2v) is 3.93. The number of benzene rings is 1. The number of hydrogen-bond acceptors (Lipinski definition) is 2. The first-order valence-electron chi connectivity index (χ1n) is 4.82. The van der Waals surface area contributed by atoms with E-state index in [1.54, 1.807) is 6.07 Å². The molecule has 0 fully saturated rings. The molecule has 1 aromatic rings. The first-order chi connectivity index (χ1) is 7.60. The number of hydrazine groups is 1. The Morgan fingerprint density at radius 2 is 2.12 bits per heavy atom. The van der Waals surface area contributed by atoms with Gasteiger partial charge in [0, 0.05) is 6.54 Å². The molecule has 0 spiro atoms. The number of guanidine groups is 1. The highest BCUT2D eigenvalue weighted by Crippen LogP contribution is 2.32. The van der Waals surface area contributed by atoms with Crippen molar-refractivity contribution in [3.8, 4) is 0 Å². The molecular weight excluding hydrogens is 247 g/mol. The Labute approximate surface area is 105 Å². The lowest BCUT2D eigenvalue weighted by atomic mass is 10.2.